The second kappa shape index (κ2) is 3.58. The average molecular weight is 246 g/mol. The van der Waals surface area contributed by atoms with Crippen molar-refractivity contribution in [3.63, 3.8) is 0 Å². The van der Waals surface area contributed by atoms with E-state index < -0.39 is 0 Å². The molecule has 0 fully saturated rings. The minimum absolute atomic E-state index is 1.05. The second-order valence-corrected chi connectivity index (χ2v) is 5.14. The summed E-state index contributed by atoms with van der Waals surface area (Å²) in [5, 5.41) is 3.79. The molecule has 0 aliphatic carbocycles. The molecule has 0 saturated heterocycles. The Hall–Kier alpha value is -2.35. The molecule has 2 aromatic carbocycles. The van der Waals surface area contributed by atoms with Crippen LogP contribution in [0.5, 0.6) is 0 Å². The summed E-state index contributed by atoms with van der Waals surface area (Å²) >= 11 is 0. The molecule has 0 bridgehead atoms. The molecule has 92 valence electrons. The Balaban J connectivity index is 2.42. The number of aromatic nitrogens is 2. The summed E-state index contributed by atoms with van der Waals surface area (Å²) in [6.45, 7) is 4.18. The largest absolute Gasteiger partial charge is 0.299 e. The SMILES string of the molecule is Cc1ccc2c(c1)c1ccccc1c1nc(C)cn21. The molecule has 2 heteroatoms. The zero-order valence-electron chi connectivity index (χ0n) is 11.0. The van der Waals surface area contributed by atoms with Crippen LogP contribution in [0, 0.1) is 13.8 Å². The lowest BCUT2D eigenvalue weighted by Gasteiger charge is -2.08. The van der Waals surface area contributed by atoms with E-state index in [4.69, 9.17) is 0 Å². The van der Waals surface area contributed by atoms with E-state index in [1.54, 1.807) is 0 Å². The number of aryl methyl sites for hydroxylation is 2. The quantitative estimate of drug-likeness (QED) is 0.424. The third-order valence-corrected chi connectivity index (χ3v) is 3.70. The first-order valence-corrected chi connectivity index (χ1v) is 6.51. The topological polar surface area (TPSA) is 17.3 Å². The highest BCUT2D eigenvalue weighted by atomic mass is 15.0. The predicted octanol–water partition coefficient (Wildman–Crippen LogP) is 4.26. The second-order valence-electron chi connectivity index (χ2n) is 5.14. The van der Waals surface area contributed by atoms with Crippen LogP contribution in [0.15, 0.2) is 48.7 Å². The van der Waals surface area contributed by atoms with Gasteiger partial charge in [-0.3, -0.25) is 4.40 Å². The summed E-state index contributed by atoms with van der Waals surface area (Å²) < 4.78 is 2.20. The maximum absolute atomic E-state index is 4.68. The molecule has 19 heavy (non-hydrogen) atoms. The van der Waals surface area contributed by atoms with Crippen molar-refractivity contribution < 1.29 is 0 Å². The number of pyridine rings is 1. The molecule has 0 atom stereocenters. The summed E-state index contributed by atoms with van der Waals surface area (Å²) in [4.78, 5) is 4.68. The molecule has 2 heterocycles. The summed E-state index contributed by atoms with van der Waals surface area (Å²) in [5.41, 5.74) is 4.61. The van der Waals surface area contributed by atoms with Crippen molar-refractivity contribution in [1.29, 1.82) is 0 Å². The highest BCUT2D eigenvalue weighted by Gasteiger charge is 2.09. The van der Waals surface area contributed by atoms with Crippen LogP contribution in [0.4, 0.5) is 0 Å². The minimum atomic E-state index is 1.05. The Morgan fingerprint density at radius 1 is 0.895 bits per heavy atom. The molecule has 0 amide bonds. The van der Waals surface area contributed by atoms with Gasteiger partial charge in [0.25, 0.3) is 0 Å². The Kier molecular flexibility index (Phi) is 1.99. The predicted molar refractivity (Wildman–Crippen MR) is 79.7 cm³/mol. The molecule has 0 unspecified atom stereocenters. The van der Waals surface area contributed by atoms with Gasteiger partial charge < -0.3 is 0 Å². The third-order valence-electron chi connectivity index (χ3n) is 3.70. The van der Waals surface area contributed by atoms with Crippen LogP contribution in [-0.4, -0.2) is 9.38 Å². The summed E-state index contributed by atoms with van der Waals surface area (Å²) in [5.74, 6) is 0. The van der Waals surface area contributed by atoms with Crippen molar-refractivity contribution in [2.75, 3.05) is 0 Å². The molecule has 4 aromatic rings. The van der Waals surface area contributed by atoms with Gasteiger partial charge in [-0.2, -0.15) is 0 Å². The first-order valence-electron chi connectivity index (χ1n) is 6.51. The monoisotopic (exact) mass is 246 g/mol. The molecular weight excluding hydrogens is 232 g/mol. The van der Waals surface area contributed by atoms with E-state index in [9.17, 15) is 0 Å². The van der Waals surface area contributed by atoms with Crippen LogP contribution in [0.3, 0.4) is 0 Å². The van der Waals surface area contributed by atoms with Crippen molar-refractivity contribution >= 4 is 27.3 Å². The Labute approximate surface area is 111 Å². The van der Waals surface area contributed by atoms with Crippen molar-refractivity contribution in [3.05, 3.63) is 59.9 Å². The van der Waals surface area contributed by atoms with Crippen molar-refractivity contribution in [3.8, 4) is 0 Å². The van der Waals surface area contributed by atoms with E-state index in [2.05, 4.69) is 65.0 Å². The maximum atomic E-state index is 4.68. The van der Waals surface area contributed by atoms with E-state index >= 15 is 0 Å². The normalized spacial score (nSPS) is 11.7. The first-order chi connectivity index (χ1) is 9.24. The maximum Gasteiger partial charge on any atom is 0.145 e. The molecule has 0 radical (unpaired) electrons. The van der Waals surface area contributed by atoms with Gasteiger partial charge >= 0.3 is 0 Å². The Bertz CT molecular complexity index is 932. The van der Waals surface area contributed by atoms with Gasteiger partial charge in [0.15, 0.2) is 0 Å². The van der Waals surface area contributed by atoms with Gasteiger partial charge in [0, 0.05) is 17.0 Å². The van der Waals surface area contributed by atoms with Crippen molar-refractivity contribution in [2.24, 2.45) is 0 Å². The molecule has 2 aromatic heterocycles. The molecule has 0 spiro atoms. The number of benzene rings is 2. The van der Waals surface area contributed by atoms with Gasteiger partial charge in [-0.25, -0.2) is 4.98 Å². The van der Waals surface area contributed by atoms with Crippen LogP contribution in [-0.2, 0) is 0 Å². The lowest BCUT2D eigenvalue weighted by molar-refractivity contribution is 1.26. The zero-order valence-corrected chi connectivity index (χ0v) is 11.0. The van der Waals surface area contributed by atoms with E-state index in [1.165, 1.54) is 27.2 Å². The number of hydrogen-bond acceptors (Lipinski definition) is 1. The number of imidazole rings is 1. The van der Waals surface area contributed by atoms with Gasteiger partial charge in [-0.1, -0.05) is 35.9 Å². The van der Waals surface area contributed by atoms with Crippen molar-refractivity contribution in [2.45, 2.75) is 13.8 Å². The summed E-state index contributed by atoms with van der Waals surface area (Å²) in [7, 11) is 0. The molecule has 2 nitrogen and oxygen atoms in total. The Morgan fingerprint density at radius 3 is 2.53 bits per heavy atom. The van der Waals surface area contributed by atoms with E-state index in [1.807, 2.05) is 6.92 Å². The van der Waals surface area contributed by atoms with Gasteiger partial charge in [0.05, 0.1) is 11.2 Å². The molecule has 0 aliphatic rings. The smallest absolute Gasteiger partial charge is 0.145 e. The average Bonchev–Trinajstić information content (AvgIpc) is 2.81. The molecule has 4 rings (SSSR count). The fraction of sp³-hybridized carbons (Fsp3) is 0.118. The van der Waals surface area contributed by atoms with Crippen molar-refractivity contribution in [1.82, 2.24) is 9.38 Å². The Morgan fingerprint density at radius 2 is 1.68 bits per heavy atom. The lowest BCUT2D eigenvalue weighted by atomic mass is 10.0. The standard InChI is InChI=1S/C17H14N2/c1-11-7-8-16-15(9-11)13-5-3-4-6-14(13)17-18-12(2)10-19(16)17/h3-10H,1-2H3. The van der Waals surface area contributed by atoms with Crippen LogP contribution in [0.1, 0.15) is 11.3 Å². The molecular formula is C17H14N2. The van der Waals surface area contributed by atoms with Gasteiger partial charge in [-0.15, -0.1) is 0 Å². The third kappa shape index (κ3) is 1.40. The zero-order chi connectivity index (χ0) is 13.0. The summed E-state index contributed by atoms with van der Waals surface area (Å²) in [6.07, 6.45) is 2.11. The van der Waals surface area contributed by atoms with E-state index in [0.29, 0.717) is 0 Å². The van der Waals surface area contributed by atoms with Crippen LogP contribution < -0.4 is 0 Å². The minimum Gasteiger partial charge on any atom is -0.299 e. The molecule has 0 aliphatic heterocycles. The van der Waals surface area contributed by atoms with Crippen LogP contribution in [0.25, 0.3) is 27.3 Å². The van der Waals surface area contributed by atoms with Crippen LogP contribution >= 0.6 is 0 Å². The number of hydrogen-bond donors (Lipinski definition) is 0. The van der Waals surface area contributed by atoms with Gasteiger partial charge in [0.2, 0.25) is 0 Å². The highest BCUT2D eigenvalue weighted by molar-refractivity contribution is 6.11. The highest BCUT2D eigenvalue weighted by Crippen LogP contribution is 2.29. The van der Waals surface area contributed by atoms with E-state index in [-0.39, 0.29) is 0 Å². The fourth-order valence-electron chi connectivity index (χ4n) is 2.86. The molecule has 0 saturated carbocycles. The number of rotatable bonds is 0. The number of fused-ring (bicyclic) bond motifs is 6. The van der Waals surface area contributed by atoms with Gasteiger partial charge in [-0.05, 0) is 31.4 Å². The summed E-state index contributed by atoms with van der Waals surface area (Å²) in [6, 6.07) is 15.1. The van der Waals surface area contributed by atoms with Crippen LogP contribution in [0.2, 0.25) is 0 Å². The molecule has 0 N–H and O–H groups in total. The van der Waals surface area contributed by atoms with Gasteiger partial charge in [0.1, 0.15) is 5.65 Å². The first kappa shape index (κ1) is 10.6. The fourth-order valence-corrected chi connectivity index (χ4v) is 2.86. The van der Waals surface area contributed by atoms with E-state index in [0.717, 1.165) is 11.3 Å². The number of nitrogens with zero attached hydrogens (tertiary/aromatic N) is 2. The lowest BCUT2D eigenvalue weighted by Crippen LogP contribution is -1.90.